The topological polar surface area (TPSA) is 74.6 Å². The summed E-state index contributed by atoms with van der Waals surface area (Å²) in [6, 6.07) is 9.20. The Bertz CT molecular complexity index is 702. The second kappa shape index (κ2) is 5.17. The number of carbonyl (C=O) groups is 2. The average molecular weight is 270 g/mol. The minimum Gasteiger partial charge on any atom is -0.507 e. The van der Waals surface area contributed by atoms with Crippen molar-refractivity contribution in [2.75, 3.05) is 0 Å². The number of aromatic hydroxyl groups is 1. The van der Waals surface area contributed by atoms with Gasteiger partial charge in [-0.15, -0.1) is 0 Å². The van der Waals surface area contributed by atoms with Gasteiger partial charge in [-0.05, 0) is 37.1 Å². The summed E-state index contributed by atoms with van der Waals surface area (Å²) in [7, 11) is 0. The lowest BCUT2D eigenvalue weighted by Gasteiger charge is -2.10. The van der Waals surface area contributed by atoms with Gasteiger partial charge in [0.05, 0.1) is 11.1 Å². The highest BCUT2D eigenvalue weighted by Crippen LogP contribution is 2.27. The molecule has 4 nitrogen and oxygen atoms in total. The third-order valence-corrected chi connectivity index (χ3v) is 3.35. The molecule has 20 heavy (non-hydrogen) atoms. The number of carboxylic acids is 1. The van der Waals surface area contributed by atoms with E-state index in [1.165, 1.54) is 18.2 Å². The van der Waals surface area contributed by atoms with Crippen molar-refractivity contribution in [3.8, 4) is 5.75 Å². The van der Waals surface area contributed by atoms with Crippen molar-refractivity contribution in [2.45, 2.75) is 13.8 Å². The molecule has 0 spiro atoms. The number of aryl methyl sites for hydroxylation is 1. The number of rotatable bonds is 3. The number of phenols is 1. The highest BCUT2D eigenvalue weighted by Gasteiger charge is 2.20. The number of aromatic carboxylic acids is 1. The molecule has 0 saturated heterocycles. The van der Waals surface area contributed by atoms with Crippen LogP contribution in [0.5, 0.6) is 5.75 Å². The fourth-order valence-corrected chi connectivity index (χ4v) is 2.00. The smallest absolute Gasteiger partial charge is 0.336 e. The number of hydrogen-bond acceptors (Lipinski definition) is 3. The van der Waals surface area contributed by atoms with E-state index in [1.807, 2.05) is 6.92 Å². The van der Waals surface area contributed by atoms with Crippen LogP contribution in [0.1, 0.15) is 37.4 Å². The fraction of sp³-hybridized carbons (Fsp3) is 0.125. The zero-order valence-corrected chi connectivity index (χ0v) is 11.2. The Morgan fingerprint density at radius 3 is 2.10 bits per heavy atom. The first-order chi connectivity index (χ1) is 9.43. The summed E-state index contributed by atoms with van der Waals surface area (Å²) in [4.78, 5) is 23.6. The van der Waals surface area contributed by atoms with Gasteiger partial charge in [0.15, 0.2) is 5.78 Å². The lowest BCUT2D eigenvalue weighted by molar-refractivity contribution is 0.0692. The Balaban J connectivity index is 2.58. The molecule has 0 aliphatic heterocycles. The van der Waals surface area contributed by atoms with Gasteiger partial charge >= 0.3 is 5.97 Å². The molecule has 0 saturated carbocycles. The molecule has 0 atom stereocenters. The first-order valence-corrected chi connectivity index (χ1v) is 6.09. The monoisotopic (exact) mass is 270 g/mol. The molecular weight excluding hydrogens is 256 g/mol. The van der Waals surface area contributed by atoms with Crippen LogP contribution in [-0.4, -0.2) is 22.0 Å². The van der Waals surface area contributed by atoms with Gasteiger partial charge in [0.25, 0.3) is 0 Å². The minimum absolute atomic E-state index is 0.0681. The van der Waals surface area contributed by atoms with E-state index in [2.05, 4.69) is 0 Å². The number of carbonyl (C=O) groups excluding carboxylic acids is 1. The molecule has 2 aromatic rings. The van der Waals surface area contributed by atoms with Gasteiger partial charge in [0.1, 0.15) is 5.75 Å². The van der Waals surface area contributed by atoms with E-state index in [9.17, 15) is 14.7 Å². The largest absolute Gasteiger partial charge is 0.507 e. The third-order valence-electron chi connectivity index (χ3n) is 3.35. The van der Waals surface area contributed by atoms with Crippen LogP contribution >= 0.6 is 0 Å². The first kappa shape index (κ1) is 13.8. The summed E-state index contributed by atoms with van der Waals surface area (Å²) in [5.41, 5.74) is 1.59. The minimum atomic E-state index is -1.17. The zero-order valence-electron chi connectivity index (χ0n) is 11.2. The lowest BCUT2D eigenvalue weighted by atomic mass is 9.95. The molecule has 0 aromatic heterocycles. The summed E-state index contributed by atoms with van der Waals surface area (Å²) in [5.74, 6) is -1.77. The zero-order chi connectivity index (χ0) is 14.9. The van der Waals surface area contributed by atoms with Crippen LogP contribution in [0.2, 0.25) is 0 Å². The molecule has 102 valence electrons. The van der Waals surface area contributed by atoms with E-state index in [0.717, 1.165) is 5.56 Å². The van der Waals surface area contributed by atoms with Gasteiger partial charge in [-0.1, -0.05) is 24.3 Å². The van der Waals surface area contributed by atoms with Crippen molar-refractivity contribution >= 4 is 11.8 Å². The average Bonchev–Trinajstić information content (AvgIpc) is 2.44. The van der Waals surface area contributed by atoms with Gasteiger partial charge in [0, 0.05) is 5.56 Å². The standard InChI is InChI=1S/C16H14O4/c1-9-7-8-13(14(17)10(9)2)15(18)11-5-3-4-6-12(11)16(19)20/h3-8,17H,1-2H3,(H,19,20). The van der Waals surface area contributed by atoms with Gasteiger partial charge in [-0.2, -0.15) is 0 Å². The molecule has 4 heteroatoms. The Kier molecular flexibility index (Phi) is 3.57. The quantitative estimate of drug-likeness (QED) is 0.841. The van der Waals surface area contributed by atoms with Gasteiger partial charge in [-0.3, -0.25) is 4.79 Å². The molecule has 0 radical (unpaired) electrons. The molecule has 0 bridgehead atoms. The maximum absolute atomic E-state index is 12.4. The third kappa shape index (κ3) is 2.28. The predicted octanol–water partition coefficient (Wildman–Crippen LogP) is 2.94. The second-order valence-electron chi connectivity index (χ2n) is 4.58. The van der Waals surface area contributed by atoms with E-state index >= 15 is 0 Å². The van der Waals surface area contributed by atoms with Crippen LogP contribution in [0, 0.1) is 13.8 Å². The summed E-state index contributed by atoms with van der Waals surface area (Å²) in [6.45, 7) is 3.54. The predicted molar refractivity (Wildman–Crippen MR) is 74.4 cm³/mol. The van der Waals surface area contributed by atoms with Crippen LogP contribution in [0.3, 0.4) is 0 Å². The van der Waals surface area contributed by atoms with Crippen molar-refractivity contribution in [1.82, 2.24) is 0 Å². The summed E-state index contributed by atoms with van der Waals surface area (Å²) >= 11 is 0. The summed E-state index contributed by atoms with van der Waals surface area (Å²) in [6.07, 6.45) is 0. The van der Waals surface area contributed by atoms with E-state index in [-0.39, 0.29) is 22.4 Å². The summed E-state index contributed by atoms with van der Waals surface area (Å²) in [5, 5.41) is 19.2. The highest BCUT2D eigenvalue weighted by atomic mass is 16.4. The Morgan fingerprint density at radius 1 is 0.900 bits per heavy atom. The van der Waals surface area contributed by atoms with Crippen LogP contribution < -0.4 is 0 Å². The number of benzene rings is 2. The number of ketones is 1. The number of hydrogen-bond donors (Lipinski definition) is 2. The van der Waals surface area contributed by atoms with Gasteiger partial charge < -0.3 is 10.2 Å². The van der Waals surface area contributed by atoms with Crippen molar-refractivity contribution in [3.05, 3.63) is 64.2 Å². The van der Waals surface area contributed by atoms with Crippen molar-refractivity contribution in [3.63, 3.8) is 0 Å². The molecule has 0 aliphatic rings. The van der Waals surface area contributed by atoms with Crippen molar-refractivity contribution in [2.24, 2.45) is 0 Å². The van der Waals surface area contributed by atoms with E-state index in [0.29, 0.717) is 5.56 Å². The first-order valence-electron chi connectivity index (χ1n) is 6.09. The van der Waals surface area contributed by atoms with Crippen molar-refractivity contribution < 1.29 is 19.8 Å². The number of carboxylic acid groups (broad SMARTS) is 1. The van der Waals surface area contributed by atoms with E-state index in [4.69, 9.17) is 5.11 Å². The molecule has 0 amide bonds. The second-order valence-corrected chi connectivity index (χ2v) is 4.58. The molecule has 0 unspecified atom stereocenters. The molecule has 2 aromatic carbocycles. The molecule has 2 rings (SSSR count). The SMILES string of the molecule is Cc1ccc(C(=O)c2ccccc2C(=O)O)c(O)c1C. The van der Waals surface area contributed by atoms with Crippen LogP contribution in [0.25, 0.3) is 0 Å². The van der Waals surface area contributed by atoms with E-state index in [1.54, 1.807) is 25.1 Å². The Hall–Kier alpha value is -2.62. The number of phenolic OH excluding ortho intramolecular Hbond substituents is 1. The normalized spacial score (nSPS) is 10.3. The van der Waals surface area contributed by atoms with Crippen molar-refractivity contribution in [1.29, 1.82) is 0 Å². The lowest BCUT2D eigenvalue weighted by Crippen LogP contribution is -2.10. The molecule has 0 aliphatic carbocycles. The Morgan fingerprint density at radius 2 is 1.50 bits per heavy atom. The molecule has 2 N–H and O–H groups in total. The molecular formula is C16H14O4. The Labute approximate surface area is 116 Å². The van der Waals surface area contributed by atoms with Gasteiger partial charge in [0.2, 0.25) is 0 Å². The van der Waals surface area contributed by atoms with Crippen LogP contribution in [-0.2, 0) is 0 Å². The highest BCUT2D eigenvalue weighted by molar-refractivity contribution is 6.15. The molecule has 0 heterocycles. The maximum atomic E-state index is 12.4. The van der Waals surface area contributed by atoms with Crippen LogP contribution in [0.4, 0.5) is 0 Å². The van der Waals surface area contributed by atoms with E-state index < -0.39 is 11.8 Å². The molecule has 0 fully saturated rings. The fourth-order valence-electron chi connectivity index (χ4n) is 2.00. The van der Waals surface area contributed by atoms with Crippen LogP contribution in [0.15, 0.2) is 36.4 Å². The van der Waals surface area contributed by atoms with Gasteiger partial charge in [-0.25, -0.2) is 4.79 Å². The maximum Gasteiger partial charge on any atom is 0.336 e. The summed E-state index contributed by atoms with van der Waals surface area (Å²) < 4.78 is 0.